The Morgan fingerprint density at radius 1 is 1.43 bits per heavy atom. The van der Waals surface area contributed by atoms with E-state index in [0.717, 1.165) is 12.8 Å². The zero-order valence-electron chi connectivity index (χ0n) is 8.15. The molecule has 1 saturated heterocycles. The molecule has 4 nitrogen and oxygen atoms in total. The summed E-state index contributed by atoms with van der Waals surface area (Å²) in [5, 5.41) is 0. The fraction of sp³-hybridized carbons (Fsp3) is 0.778. The molecule has 5 heteroatoms. The molecule has 80 valence electrons. The van der Waals surface area contributed by atoms with Crippen LogP contribution in [-0.4, -0.2) is 37.6 Å². The van der Waals surface area contributed by atoms with Crippen molar-refractivity contribution < 1.29 is 8.42 Å². The van der Waals surface area contributed by atoms with Crippen LogP contribution in [0.2, 0.25) is 0 Å². The van der Waals surface area contributed by atoms with Crippen molar-refractivity contribution in [1.29, 1.82) is 0 Å². The summed E-state index contributed by atoms with van der Waals surface area (Å²) in [6, 6.07) is 0.147. The van der Waals surface area contributed by atoms with E-state index in [2.05, 4.69) is 5.92 Å². The van der Waals surface area contributed by atoms with Gasteiger partial charge in [-0.1, -0.05) is 0 Å². The van der Waals surface area contributed by atoms with Crippen LogP contribution in [0.4, 0.5) is 0 Å². The van der Waals surface area contributed by atoms with Gasteiger partial charge in [0.1, 0.15) is 0 Å². The van der Waals surface area contributed by atoms with Crippen molar-refractivity contribution in [2.24, 2.45) is 5.73 Å². The first-order valence-electron chi connectivity index (χ1n) is 4.73. The number of hydrogen-bond donors (Lipinski definition) is 1. The average molecular weight is 216 g/mol. The third-order valence-electron chi connectivity index (χ3n) is 2.40. The van der Waals surface area contributed by atoms with Gasteiger partial charge in [0.2, 0.25) is 10.0 Å². The highest BCUT2D eigenvalue weighted by Gasteiger charge is 2.25. The first-order valence-corrected chi connectivity index (χ1v) is 6.34. The molecule has 0 aromatic carbocycles. The standard InChI is InChI=1S/C9H16N2O2S/c1-2-3-8-14(12,13)11-6-4-9(10)5-7-11/h1,9H,3-8,10H2. The minimum Gasteiger partial charge on any atom is -0.328 e. The fourth-order valence-electron chi connectivity index (χ4n) is 1.47. The van der Waals surface area contributed by atoms with E-state index in [0.29, 0.717) is 13.1 Å². The van der Waals surface area contributed by atoms with E-state index in [1.54, 1.807) is 0 Å². The van der Waals surface area contributed by atoms with E-state index in [4.69, 9.17) is 12.2 Å². The van der Waals surface area contributed by atoms with Gasteiger partial charge in [0.15, 0.2) is 0 Å². The molecule has 1 aliphatic rings. The number of rotatable bonds is 3. The predicted molar refractivity (Wildman–Crippen MR) is 56.0 cm³/mol. The van der Waals surface area contributed by atoms with E-state index in [-0.39, 0.29) is 18.2 Å². The van der Waals surface area contributed by atoms with Gasteiger partial charge in [-0.25, -0.2) is 12.7 Å². The molecular weight excluding hydrogens is 200 g/mol. The van der Waals surface area contributed by atoms with Gasteiger partial charge in [-0.05, 0) is 12.8 Å². The summed E-state index contributed by atoms with van der Waals surface area (Å²) in [6.45, 7) is 1.07. The number of piperidine rings is 1. The Kier molecular flexibility index (Phi) is 3.93. The normalized spacial score (nSPS) is 20.6. The zero-order valence-corrected chi connectivity index (χ0v) is 8.96. The number of sulfonamides is 1. The quantitative estimate of drug-likeness (QED) is 0.662. The van der Waals surface area contributed by atoms with Gasteiger partial charge in [-0.3, -0.25) is 0 Å². The van der Waals surface area contributed by atoms with Crippen LogP contribution in [0, 0.1) is 12.3 Å². The highest BCUT2D eigenvalue weighted by Crippen LogP contribution is 2.13. The van der Waals surface area contributed by atoms with Crippen molar-refractivity contribution in [3.63, 3.8) is 0 Å². The molecule has 0 radical (unpaired) electrons. The maximum Gasteiger partial charge on any atom is 0.215 e. The molecule has 0 aliphatic carbocycles. The molecule has 0 spiro atoms. The Morgan fingerprint density at radius 3 is 2.50 bits per heavy atom. The second-order valence-electron chi connectivity index (χ2n) is 3.51. The number of terminal acetylenes is 1. The highest BCUT2D eigenvalue weighted by molar-refractivity contribution is 7.89. The number of hydrogen-bond acceptors (Lipinski definition) is 3. The van der Waals surface area contributed by atoms with Crippen molar-refractivity contribution in [2.75, 3.05) is 18.8 Å². The van der Waals surface area contributed by atoms with E-state index in [1.807, 2.05) is 0 Å². The summed E-state index contributed by atoms with van der Waals surface area (Å²) in [5.74, 6) is 2.40. The smallest absolute Gasteiger partial charge is 0.215 e. The van der Waals surface area contributed by atoms with Crippen molar-refractivity contribution in [3.8, 4) is 12.3 Å². The van der Waals surface area contributed by atoms with Crippen LogP contribution >= 0.6 is 0 Å². The second-order valence-corrected chi connectivity index (χ2v) is 5.60. The first kappa shape index (κ1) is 11.5. The molecule has 0 unspecified atom stereocenters. The van der Waals surface area contributed by atoms with Gasteiger partial charge in [-0.2, -0.15) is 0 Å². The monoisotopic (exact) mass is 216 g/mol. The van der Waals surface area contributed by atoms with Gasteiger partial charge in [0.25, 0.3) is 0 Å². The maximum absolute atomic E-state index is 11.6. The Labute approximate surface area is 85.5 Å². The maximum atomic E-state index is 11.6. The van der Waals surface area contributed by atoms with Gasteiger partial charge >= 0.3 is 0 Å². The number of nitrogens with zero attached hydrogens (tertiary/aromatic N) is 1. The zero-order chi connectivity index (χ0) is 10.6. The van der Waals surface area contributed by atoms with Crippen LogP contribution in [-0.2, 0) is 10.0 Å². The van der Waals surface area contributed by atoms with Crippen LogP contribution in [0.3, 0.4) is 0 Å². The molecule has 0 aromatic heterocycles. The topological polar surface area (TPSA) is 63.4 Å². The lowest BCUT2D eigenvalue weighted by atomic mass is 10.1. The summed E-state index contributed by atoms with van der Waals surface area (Å²) in [7, 11) is -3.13. The molecule has 1 fully saturated rings. The lowest BCUT2D eigenvalue weighted by molar-refractivity contribution is 0.320. The minimum atomic E-state index is -3.13. The Bertz CT molecular complexity index is 310. The molecule has 0 amide bonds. The van der Waals surface area contributed by atoms with Crippen molar-refractivity contribution >= 4 is 10.0 Å². The molecule has 2 N–H and O–H groups in total. The summed E-state index contributed by atoms with van der Waals surface area (Å²) in [6.07, 6.45) is 6.81. The molecule has 0 atom stereocenters. The third kappa shape index (κ3) is 2.98. The molecular formula is C9H16N2O2S. The predicted octanol–water partition coefficient (Wildman–Crippen LogP) is -0.237. The molecule has 0 aromatic rings. The summed E-state index contributed by atoms with van der Waals surface area (Å²) in [4.78, 5) is 0. The van der Waals surface area contributed by atoms with Crippen molar-refractivity contribution in [1.82, 2.24) is 4.31 Å². The van der Waals surface area contributed by atoms with E-state index < -0.39 is 10.0 Å². The molecule has 1 rings (SSSR count). The van der Waals surface area contributed by atoms with Crippen molar-refractivity contribution in [3.05, 3.63) is 0 Å². The van der Waals surface area contributed by atoms with Gasteiger partial charge < -0.3 is 5.73 Å². The average Bonchev–Trinajstić information content (AvgIpc) is 2.16. The third-order valence-corrected chi connectivity index (χ3v) is 4.27. The first-order chi connectivity index (χ1) is 6.56. The minimum absolute atomic E-state index is 0.0543. The Morgan fingerprint density at radius 2 is 2.00 bits per heavy atom. The van der Waals surface area contributed by atoms with Gasteiger partial charge in [0, 0.05) is 25.6 Å². The van der Waals surface area contributed by atoms with Gasteiger partial charge in [-0.15, -0.1) is 12.3 Å². The number of nitrogens with two attached hydrogens (primary N) is 1. The molecule has 14 heavy (non-hydrogen) atoms. The van der Waals surface area contributed by atoms with Crippen LogP contribution in [0.25, 0.3) is 0 Å². The SMILES string of the molecule is C#CCCS(=O)(=O)N1CCC(N)CC1. The lowest BCUT2D eigenvalue weighted by Crippen LogP contribution is -2.43. The summed E-state index contributed by atoms with van der Waals surface area (Å²) in [5.41, 5.74) is 5.69. The fourth-order valence-corrected chi connectivity index (χ4v) is 2.87. The second kappa shape index (κ2) is 4.78. The van der Waals surface area contributed by atoms with Crippen molar-refractivity contribution in [2.45, 2.75) is 25.3 Å². The summed E-state index contributed by atoms with van der Waals surface area (Å²) >= 11 is 0. The molecule has 1 aliphatic heterocycles. The highest BCUT2D eigenvalue weighted by atomic mass is 32.2. The van der Waals surface area contributed by atoms with Crippen LogP contribution in [0.5, 0.6) is 0 Å². The largest absolute Gasteiger partial charge is 0.328 e. The summed E-state index contributed by atoms with van der Waals surface area (Å²) < 4.78 is 24.8. The molecule has 0 bridgehead atoms. The van der Waals surface area contributed by atoms with Crippen LogP contribution < -0.4 is 5.73 Å². The molecule has 1 heterocycles. The Balaban J connectivity index is 2.52. The Hall–Kier alpha value is -0.570. The van der Waals surface area contributed by atoms with Crippen LogP contribution in [0.1, 0.15) is 19.3 Å². The molecule has 0 saturated carbocycles. The van der Waals surface area contributed by atoms with E-state index in [1.165, 1.54) is 4.31 Å². The van der Waals surface area contributed by atoms with Gasteiger partial charge in [0.05, 0.1) is 5.75 Å². The van der Waals surface area contributed by atoms with E-state index >= 15 is 0 Å². The van der Waals surface area contributed by atoms with Crippen LogP contribution in [0.15, 0.2) is 0 Å². The lowest BCUT2D eigenvalue weighted by Gasteiger charge is -2.29. The van der Waals surface area contributed by atoms with E-state index in [9.17, 15) is 8.42 Å².